The van der Waals surface area contributed by atoms with Gasteiger partial charge in [0.25, 0.3) is 0 Å². The van der Waals surface area contributed by atoms with Gasteiger partial charge in [-0.1, -0.05) is 121 Å². The molecule has 0 amide bonds. The molecule has 0 spiro atoms. The highest BCUT2D eigenvalue weighted by molar-refractivity contribution is 5.72. The molecule has 39 heavy (non-hydrogen) atoms. The Morgan fingerprint density at radius 3 is 1.74 bits per heavy atom. The van der Waals surface area contributed by atoms with Gasteiger partial charge in [-0.15, -0.1) is 0 Å². The van der Waals surface area contributed by atoms with Gasteiger partial charge >= 0.3 is 0 Å². The van der Waals surface area contributed by atoms with Gasteiger partial charge in [0, 0.05) is 11.1 Å². The normalized spacial score (nSPS) is 11.2. The summed E-state index contributed by atoms with van der Waals surface area (Å²) in [4.78, 5) is 0. The highest BCUT2D eigenvalue weighted by Gasteiger charge is 2.18. The molecule has 0 saturated heterocycles. The SMILES string of the molecule is CCCCCCCCCCOc1ccc(-c2ccc(-c3ccc(CCCCCCC)cc3)cc2F)c(F)c1F. The van der Waals surface area contributed by atoms with Crippen LogP contribution in [0.25, 0.3) is 22.3 Å². The first-order valence-electron chi connectivity index (χ1n) is 15.0. The fourth-order valence-corrected chi connectivity index (χ4v) is 4.98. The van der Waals surface area contributed by atoms with E-state index in [1.54, 1.807) is 6.07 Å². The molecule has 0 saturated carbocycles. The topological polar surface area (TPSA) is 9.23 Å². The molecule has 0 heterocycles. The van der Waals surface area contributed by atoms with E-state index in [1.165, 1.54) is 94.0 Å². The van der Waals surface area contributed by atoms with Gasteiger partial charge < -0.3 is 4.74 Å². The molecule has 3 rings (SSSR count). The molecule has 0 N–H and O–H groups in total. The Hall–Kier alpha value is -2.75. The highest BCUT2D eigenvalue weighted by Crippen LogP contribution is 2.33. The van der Waals surface area contributed by atoms with Crippen molar-refractivity contribution in [2.75, 3.05) is 6.61 Å². The Morgan fingerprint density at radius 1 is 0.538 bits per heavy atom. The zero-order valence-electron chi connectivity index (χ0n) is 23.8. The molecule has 0 aliphatic carbocycles. The van der Waals surface area contributed by atoms with Crippen LogP contribution in [0.1, 0.15) is 103 Å². The number of unbranched alkanes of at least 4 members (excludes halogenated alkanes) is 11. The van der Waals surface area contributed by atoms with Crippen molar-refractivity contribution in [3.05, 3.63) is 77.6 Å². The van der Waals surface area contributed by atoms with E-state index in [-0.39, 0.29) is 16.9 Å². The van der Waals surface area contributed by atoms with Crippen LogP contribution in [0.5, 0.6) is 5.75 Å². The minimum absolute atomic E-state index is 0.0356. The molecule has 3 aromatic carbocycles. The minimum Gasteiger partial charge on any atom is -0.490 e. The summed E-state index contributed by atoms with van der Waals surface area (Å²) in [6, 6.07) is 15.6. The van der Waals surface area contributed by atoms with E-state index >= 15 is 4.39 Å². The minimum atomic E-state index is -1.08. The zero-order valence-corrected chi connectivity index (χ0v) is 23.8. The first-order valence-corrected chi connectivity index (χ1v) is 15.0. The zero-order chi connectivity index (χ0) is 27.9. The molecule has 0 aliphatic rings. The predicted molar refractivity (Wildman–Crippen MR) is 158 cm³/mol. The molecule has 0 aromatic heterocycles. The van der Waals surface area contributed by atoms with Crippen LogP contribution < -0.4 is 4.74 Å². The van der Waals surface area contributed by atoms with Gasteiger partial charge in [-0.2, -0.15) is 4.39 Å². The third-order valence-corrected chi connectivity index (χ3v) is 7.42. The first-order chi connectivity index (χ1) is 19.0. The lowest BCUT2D eigenvalue weighted by Crippen LogP contribution is -2.02. The van der Waals surface area contributed by atoms with Gasteiger partial charge in [0.2, 0.25) is 5.82 Å². The highest BCUT2D eigenvalue weighted by atomic mass is 19.2. The molecule has 0 radical (unpaired) electrons. The second-order valence-electron chi connectivity index (χ2n) is 10.6. The fraction of sp³-hybridized carbons (Fsp3) is 0.486. The molecule has 0 aliphatic heterocycles. The molecule has 0 bridgehead atoms. The van der Waals surface area contributed by atoms with Gasteiger partial charge in [0.05, 0.1) is 6.61 Å². The van der Waals surface area contributed by atoms with Crippen molar-refractivity contribution in [1.82, 2.24) is 0 Å². The number of ether oxygens (including phenoxy) is 1. The van der Waals surface area contributed by atoms with E-state index in [4.69, 9.17) is 4.74 Å². The van der Waals surface area contributed by atoms with Crippen LogP contribution in [0.4, 0.5) is 13.2 Å². The maximum absolute atomic E-state index is 15.1. The second kappa shape index (κ2) is 17.0. The number of hydrogen-bond acceptors (Lipinski definition) is 1. The molecular formula is C35H45F3O. The van der Waals surface area contributed by atoms with Crippen molar-refractivity contribution >= 4 is 0 Å². The number of aryl methyl sites for hydroxylation is 1. The summed E-state index contributed by atoms with van der Waals surface area (Å²) in [6.07, 6.45) is 16.4. The van der Waals surface area contributed by atoms with E-state index in [9.17, 15) is 8.78 Å². The van der Waals surface area contributed by atoms with Crippen molar-refractivity contribution in [3.63, 3.8) is 0 Å². The Kier molecular flexibility index (Phi) is 13.5. The summed E-state index contributed by atoms with van der Waals surface area (Å²) in [6.45, 7) is 4.76. The van der Waals surface area contributed by atoms with E-state index in [0.717, 1.165) is 31.2 Å². The first kappa shape index (κ1) is 30.8. The van der Waals surface area contributed by atoms with Gasteiger partial charge in [-0.3, -0.25) is 0 Å². The molecule has 1 nitrogen and oxygen atoms in total. The molecule has 0 atom stereocenters. The maximum atomic E-state index is 15.1. The number of halogens is 3. The quantitative estimate of drug-likeness (QED) is 0.146. The maximum Gasteiger partial charge on any atom is 0.201 e. The summed E-state index contributed by atoms with van der Waals surface area (Å²) in [5, 5.41) is 0. The van der Waals surface area contributed by atoms with Crippen molar-refractivity contribution in [2.45, 2.75) is 104 Å². The number of rotatable bonds is 18. The Morgan fingerprint density at radius 2 is 1.10 bits per heavy atom. The van der Waals surface area contributed by atoms with Gasteiger partial charge in [-0.25, -0.2) is 8.78 Å². The van der Waals surface area contributed by atoms with Crippen LogP contribution >= 0.6 is 0 Å². The molecule has 0 unspecified atom stereocenters. The lowest BCUT2D eigenvalue weighted by atomic mass is 9.97. The lowest BCUT2D eigenvalue weighted by molar-refractivity contribution is 0.285. The Bertz CT molecular complexity index is 1120. The summed E-state index contributed by atoms with van der Waals surface area (Å²) in [5.74, 6) is -2.86. The van der Waals surface area contributed by atoms with Crippen molar-refractivity contribution in [1.29, 1.82) is 0 Å². The van der Waals surface area contributed by atoms with Crippen LogP contribution in [0.15, 0.2) is 54.6 Å². The average Bonchev–Trinajstić information content (AvgIpc) is 2.95. The molecule has 0 fully saturated rings. The molecular weight excluding hydrogens is 493 g/mol. The van der Waals surface area contributed by atoms with Gasteiger partial charge in [0.1, 0.15) is 5.82 Å². The average molecular weight is 539 g/mol. The third kappa shape index (κ3) is 9.74. The van der Waals surface area contributed by atoms with E-state index in [1.807, 2.05) is 12.1 Å². The van der Waals surface area contributed by atoms with E-state index in [0.29, 0.717) is 12.2 Å². The summed E-state index contributed by atoms with van der Waals surface area (Å²) in [7, 11) is 0. The Labute approximate surface area is 233 Å². The summed E-state index contributed by atoms with van der Waals surface area (Å²) in [5.41, 5.74) is 2.81. The molecule has 212 valence electrons. The van der Waals surface area contributed by atoms with E-state index < -0.39 is 17.5 Å². The second-order valence-corrected chi connectivity index (χ2v) is 10.6. The molecule has 4 heteroatoms. The van der Waals surface area contributed by atoms with Crippen LogP contribution in [0.2, 0.25) is 0 Å². The van der Waals surface area contributed by atoms with Crippen molar-refractivity contribution in [3.8, 4) is 28.0 Å². The number of hydrogen-bond donors (Lipinski definition) is 0. The van der Waals surface area contributed by atoms with Crippen LogP contribution in [0, 0.1) is 17.5 Å². The smallest absolute Gasteiger partial charge is 0.201 e. The van der Waals surface area contributed by atoms with E-state index in [2.05, 4.69) is 26.0 Å². The fourth-order valence-electron chi connectivity index (χ4n) is 4.98. The third-order valence-electron chi connectivity index (χ3n) is 7.42. The summed E-state index contributed by atoms with van der Waals surface area (Å²) >= 11 is 0. The standard InChI is InChI=1S/C35H45F3O/c1-3-5-7-9-10-11-13-15-25-39-33-24-23-31(34(37)35(33)38)30-22-21-29(26-32(30)36)28-19-17-27(18-20-28)16-14-12-8-6-4-2/h17-24,26H,3-16,25H2,1-2H3. The van der Waals surface area contributed by atoms with Crippen LogP contribution in [-0.4, -0.2) is 6.61 Å². The van der Waals surface area contributed by atoms with Crippen molar-refractivity contribution < 1.29 is 17.9 Å². The van der Waals surface area contributed by atoms with Crippen molar-refractivity contribution in [2.24, 2.45) is 0 Å². The largest absolute Gasteiger partial charge is 0.490 e. The van der Waals surface area contributed by atoms with Gasteiger partial charge in [-0.05, 0) is 54.2 Å². The lowest BCUT2D eigenvalue weighted by Gasteiger charge is -2.12. The monoisotopic (exact) mass is 538 g/mol. The molecule has 3 aromatic rings. The van der Waals surface area contributed by atoms with Crippen LogP contribution in [0.3, 0.4) is 0 Å². The van der Waals surface area contributed by atoms with Gasteiger partial charge in [0.15, 0.2) is 11.6 Å². The summed E-state index contributed by atoms with van der Waals surface area (Å²) < 4.78 is 50.2. The predicted octanol–water partition coefficient (Wildman–Crippen LogP) is 11.5. The number of benzene rings is 3. The Balaban J connectivity index is 1.55. The van der Waals surface area contributed by atoms with Crippen LogP contribution in [-0.2, 0) is 6.42 Å².